The third-order valence-electron chi connectivity index (χ3n) is 2.99. The van der Waals surface area contributed by atoms with E-state index in [9.17, 15) is 4.79 Å². The number of nitrogens with one attached hydrogen (secondary N) is 2. The summed E-state index contributed by atoms with van der Waals surface area (Å²) in [4.78, 5) is 11.9. The first-order valence-electron chi connectivity index (χ1n) is 6.80. The summed E-state index contributed by atoms with van der Waals surface area (Å²) in [6.07, 6.45) is 0.505. The lowest BCUT2D eigenvalue weighted by Gasteiger charge is -2.23. The van der Waals surface area contributed by atoms with E-state index >= 15 is 0 Å². The van der Waals surface area contributed by atoms with Gasteiger partial charge in [-0.25, -0.2) is 0 Å². The molecule has 1 atom stereocenters. The van der Waals surface area contributed by atoms with Gasteiger partial charge in [-0.3, -0.25) is 4.79 Å². The van der Waals surface area contributed by atoms with Crippen molar-refractivity contribution in [2.45, 2.75) is 33.2 Å². The van der Waals surface area contributed by atoms with Gasteiger partial charge in [-0.1, -0.05) is 44.5 Å². The molecule has 0 saturated carbocycles. The molecule has 2 N–H and O–H groups in total. The van der Waals surface area contributed by atoms with Crippen molar-refractivity contribution in [3.63, 3.8) is 0 Å². The average molecular weight is 283 g/mol. The maximum absolute atomic E-state index is 11.9. The van der Waals surface area contributed by atoms with Crippen LogP contribution < -0.4 is 10.6 Å². The zero-order chi connectivity index (χ0) is 14.3. The molecular weight excluding hydrogens is 260 g/mol. The van der Waals surface area contributed by atoms with Crippen molar-refractivity contribution in [2.75, 3.05) is 13.1 Å². The van der Waals surface area contributed by atoms with E-state index in [-0.39, 0.29) is 11.9 Å². The quantitative estimate of drug-likeness (QED) is 0.754. The van der Waals surface area contributed by atoms with Crippen molar-refractivity contribution in [3.05, 3.63) is 34.9 Å². The third-order valence-corrected chi connectivity index (χ3v) is 3.24. The first-order chi connectivity index (χ1) is 9.04. The van der Waals surface area contributed by atoms with Crippen LogP contribution in [-0.2, 0) is 4.79 Å². The Morgan fingerprint density at radius 2 is 1.89 bits per heavy atom. The fourth-order valence-corrected chi connectivity index (χ4v) is 2.06. The summed E-state index contributed by atoms with van der Waals surface area (Å²) in [5.41, 5.74) is 1.09. The lowest BCUT2D eigenvalue weighted by molar-refractivity contribution is -0.122. The Hall–Kier alpha value is -1.06. The van der Waals surface area contributed by atoms with E-state index < -0.39 is 0 Å². The predicted octanol–water partition coefficient (Wildman–Crippen LogP) is 3.15. The Morgan fingerprint density at radius 1 is 1.26 bits per heavy atom. The molecule has 0 aliphatic carbocycles. The Kier molecular flexibility index (Phi) is 6.89. The monoisotopic (exact) mass is 282 g/mol. The third kappa shape index (κ3) is 5.62. The van der Waals surface area contributed by atoms with Crippen LogP contribution >= 0.6 is 11.6 Å². The summed E-state index contributed by atoms with van der Waals surface area (Å²) >= 11 is 5.89. The Morgan fingerprint density at radius 3 is 2.42 bits per heavy atom. The van der Waals surface area contributed by atoms with Gasteiger partial charge in [0.25, 0.3) is 0 Å². The second-order valence-corrected chi connectivity index (χ2v) is 5.38. The number of benzene rings is 1. The highest BCUT2D eigenvalue weighted by atomic mass is 35.5. The summed E-state index contributed by atoms with van der Waals surface area (Å²) < 4.78 is 0. The molecule has 0 saturated heterocycles. The average Bonchev–Trinajstić information content (AvgIpc) is 2.37. The highest BCUT2D eigenvalue weighted by Gasteiger charge is 2.17. The smallest absolute Gasteiger partial charge is 0.221 e. The molecule has 1 aromatic carbocycles. The maximum atomic E-state index is 11.9. The van der Waals surface area contributed by atoms with Gasteiger partial charge in [-0.2, -0.15) is 0 Å². The van der Waals surface area contributed by atoms with Crippen molar-refractivity contribution in [3.8, 4) is 0 Å². The van der Waals surface area contributed by atoms with E-state index in [2.05, 4.69) is 24.5 Å². The normalized spacial score (nSPS) is 12.5. The van der Waals surface area contributed by atoms with Crippen LogP contribution in [0, 0.1) is 5.92 Å². The van der Waals surface area contributed by atoms with Gasteiger partial charge in [0.05, 0.1) is 6.04 Å². The van der Waals surface area contributed by atoms with Gasteiger partial charge in [-0.15, -0.1) is 0 Å². The number of hydrogen-bond acceptors (Lipinski definition) is 2. The molecule has 0 heterocycles. The second kappa shape index (κ2) is 8.18. The van der Waals surface area contributed by atoms with Gasteiger partial charge >= 0.3 is 0 Å². The molecular formula is C15H23ClN2O. The highest BCUT2D eigenvalue weighted by Crippen LogP contribution is 2.23. The molecule has 1 unspecified atom stereocenters. The van der Waals surface area contributed by atoms with E-state index in [0.29, 0.717) is 23.9 Å². The summed E-state index contributed by atoms with van der Waals surface area (Å²) in [6, 6.07) is 7.69. The SMILES string of the molecule is CCNCCC(=O)NC(c1ccc(Cl)cc1)C(C)C. The number of carbonyl (C=O) groups excluding carboxylic acids is 1. The standard InChI is InChI=1S/C15H23ClN2O/c1-4-17-10-9-14(19)18-15(11(2)3)12-5-7-13(16)8-6-12/h5-8,11,15,17H,4,9-10H2,1-3H3,(H,18,19). The molecule has 0 spiro atoms. The largest absolute Gasteiger partial charge is 0.349 e. The second-order valence-electron chi connectivity index (χ2n) is 4.94. The first kappa shape index (κ1) is 16.0. The van der Waals surface area contributed by atoms with Crippen molar-refractivity contribution >= 4 is 17.5 Å². The minimum Gasteiger partial charge on any atom is -0.349 e. The number of amides is 1. The van der Waals surface area contributed by atoms with Crippen LogP contribution in [0.2, 0.25) is 5.02 Å². The molecule has 0 radical (unpaired) electrons. The van der Waals surface area contributed by atoms with Crippen molar-refractivity contribution < 1.29 is 4.79 Å². The van der Waals surface area contributed by atoms with Crippen molar-refractivity contribution in [1.29, 1.82) is 0 Å². The van der Waals surface area contributed by atoms with E-state index in [4.69, 9.17) is 11.6 Å². The topological polar surface area (TPSA) is 41.1 Å². The van der Waals surface area contributed by atoms with Crippen LogP contribution in [0.5, 0.6) is 0 Å². The van der Waals surface area contributed by atoms with Crippen LogP contribution in [0.3, 0.4) is 0 Å². The molecule has 0 bridgehead atoms. The van der Waals surface area contributed by atoms with E-state index in [1.54, 1.807) is 0 Å². The highest BCUT2D eigenvalue weighted by molar-refractivity contribution is 6.30. The van der Waals surface area contributed by atoms with Gasteiger partial charge in [0.1, 0.15) is 0 Å². The number of halogens is 1. The van der Waals surface area contributed by atoms with Crippen LogP contribution in [0.4, 0.5) is 0 Å². The first-order valence-corrected chi connectivity index (χ1v) is 7.18. The predicted molar refractivity (Wildman–Crippen MR) is 80.3 cm³/mol. The molecule has 0 aliphatic rings. The minimum atomic E-state index is 0.0337. The molecule has 3 nitrogen and oxygen atoms in total. The van der Waals surface area contributed by atoms with Crippen molar-refractivity contribution in [2.24, 2.45) is 5.92 Å². The molecule has 4 heteroatoms. The molecule has 1 amide bonds. The van der Waals surface area contributed by atoms with Gasteiger partial charge in [0, 0.05) is 18.0 Å². The molecule has 0 fully saturated rings. The molecule has 106 valence electrons. The fraction of sp³-hybridized carbons (Fsp3) is 0.533. The number of hydrogen-bond donors (Lipinski definition) is 2. The summed E-state index contributed by atoms with van der Waals surface area (Å²) in [6.45, 7) is 7.84. The molecule has 19 heavy (non-hydrogen) atoms. The van der Waals surface area contributed by atoms with Crippen LogP contribution in [-0.4, -0.2) is 19.0 Å². The lowest BCUT2D eigenvalue weighted by Crippen LogP contribution is -2.33. The summed E-state index contributed by atoms with van der Waals surface area (Å²) in [5, 5.41) is 6.95. The number of rotatable bonds is 7. The van der Waals surface area contributed by atoms with Gasteiger partial charge in [-0.05, 0) is 30.2 Å². The maximum Gasteiger partial charge on any atom is 0.221 e. The Bertz CT molecular complexity index is 390. The van der Waals surface area contributed by atoms with Crippen molar-refractivity contribution in [1.82, 2.24) is 10.6 Å². The lowest BCUT2D eigenvalue weighted by atomic mass is 9.96. The zero-order valence-electron chi connectivity index (χ0n) is 11.9. The van der Waals surface area contributed by atoms with E-state index in [1.165, 1.54) is 0 Å². The Balaban J connectivity index is 2.63. The molecule has 0 aromatic heterocycles. The molecule has 0 aliphatic heterocycles. The van der Waals surface area contributed by atoms with Gasteiger partial charge in [0.2, 0.25) is 5.91 Å². The molecule has 1 rings (SSSR count). The number of carbonyl (C=O) groups is 1. The zero-order valence-corrected chi connectivity index (χ0v) is 12.6. The van der Waals surface area contributed by atoms with Gasteiger partial charge in [0.15, 0.2) is 0 Å². The molecule has 1 aromatic rings. The van der Waals surface area contributed by atoms with E-state index in [0.717, 1.165) is 12.1 Å². The summed E-state index contributed by atoms with van der Waals surface area (Å²) in [7, 11) is 0. The summed E-state index contributed by atoms with van der Waals surface area (Å²) in [5.74, 6) is 0.416. The van der Waals surface area contributed by atoms with Crippen LogP contribution in [0.25, 0.3) is 0 Å². The van der Waals surface area contributed by atoms with Crippen LogP contribution in [0.15, 0.2) is 24.3 Å². The van der Waals surface area contributed by atoms with Crippen LogP contribution in [0.1, 0.15) is 38.8 Å². The Labute approximate surface area is 120 Å². The minimum absolute atomic E-state index is 0.0337. The van der Waals surface area contributed by atoms with E-state index in [1.807, 2.05) is 31.2 Å². The fourth-order valence-electron chi connectivity index (χ4n) is 1.93. The van der Waals surface area contributed by atoms with Gasteiger partial charge < -0.3 is 10.6 Å².